The Labute approximate surface area is 202 Å². The number of nitrogens with zero attached hydrogens (tertiary/aromatic N) is 1. The number of carboxylic acids is 1. The third-order valence-corrected chi connectivity index (χ3v) is 5.93. The largest absolute Gasteiger partial charge is 0.476 e. The molecule has 9 nitrogen and oxygen atoms in total. The lowest BCUT2D eigenvalue weighted by molar-refractivity contribution is -0.123. The van der Waals surface area contributed by atoms with Gasteiger partial charge < -0.3 is 24.9 Å². The van der Waals surface area contributed by atoms with Crippen LogP contribution >= 0.6 is 0 Å². The Bertz CT molecular complexity index is 1190. The number of ether oxygens (including phenoxy) is 1. The third-order valence-electron chi connectivity index (χ3n) is 5.93. The van der Waals surface area contributed by atoms with Crippen LogP contribution < -0.4 is 10.6 Å². The van der Waals surface area contributed by atoms with Crippen LogP contribution in [0.3, 0.4) is 0 Å². The minimum atomic E-state index is -1.25. The second-order valence-electron chi connectivity index (χ2n) is 8.80. The van der Waals surface area contributed by atoms with Crippen molar-refractivity contribution in [2.75, 3.05) is 6.61 Å². The Morgan fingerprint density at radius 1 is 1.06 bits per heavy atom. The van der Waals surface area contributed by atoms with Gasteiger partial charge in [0.15, 0.2) is 17.8 Å². The molecular formula is C26H27N3O6. The minimum Gasteiger partial charge on any atom is -0.476 e. The number of alkyl carbamates (subject to hydrolysis) is 1. The average Bonchev–Trinajstić information content (AvgIpc) is 3.43. The van der Waals surface area contributed by atoms with Crippen LogP contribution in [0.5, 0.6) is 0 Å². The molecule has 3 aromatic rings. The number of aromatic carboxylic acids is 1. The number of fused-ring (bicyclic) bond motifs is 3. The number of aromatic nitrogens is 1. The van der Waals surface area contributed by atoms with Crippen molar-refractivity contribution in [1.82, 2.24) is 15.6 Å². The highest BCUT2D eigenvalue weighted by Gasteiger charge is 2.30. The molecule has 0 saturated heterocycles. The van der Waals surface area contributed by atoms with E-state index in [-0.39, 0.29) is 36.4 Å². The van der Waals surface area contributed by atoms with E-state index in [1.807, 2.05) is 50.2 Å². The number of rotatable bonds is 9. The number of nitrogens with one attached hydrogen (secondary N) is 2. The zero-order valence-electron chi connectivity index (χ0n) is 19.5. The van der Waals surface area contributed by atoms with Gasteiger partial charge in [0.2, 0.25) is 5.91 Å². The van der Waals surface area contributed by atoms with Gasteiger partial charge in [0.25, 0.3) is 0 Å². The van der Waals surface area contributed by atoms with Crippen molar-refractivity contribution >= 4 is 18.0 Å². The van der Waals surface area contributed by atoms with Crippen LogP contribution in [0.2, 0.25) is 0 Å². The number of carbonyl (C=O) groups is 3. The molecule has 0 aliphatic heterocycles. The van der Waals surface area contributed by atoms with E-state index in [0.717, 1.165) is 28.6 Å². The maximum atomic E-state index is 12.8. The van der Waals surface area contributed by atoms with Crippen LogP contribution in [0.4, 0.5) is 4.79 Å². The fourth-order valence-electron chi connectivity index (χ4n) is 4.35. The highest BCUT2D eigenvalue weighted by Crippen LogP contribution is 2.44. The number of amides is 2. The number of carbonyl (C=O) groups excluding carboxylic acids is 2. The zero-order valence-corrected chi connectivity index (χ0v) is 19.5. The van der Waals surface area contributed by atoms with Crippen LogP contribution in [-0.4, -0.2) is 40.7 Å². The van der Waals surface area contributed by atoms with Gasteiger partial charge >= 0.3 is 12.1 Å². The fraction of sp³-hybridized carbons (Fsp3) is 0.308. The van der Waals surface area contributed by atoms with Crippen molar-refractivity contribution in [3.63, 3.8) is 0 Å². The first-order valence-corrected chi connectivity index (χ1v) is 11.4. The molecule has 35 heavy (non-hydrogen) atoms. The van der Waals surface area contributed by atoms with Crippen molar-refractivity contribution in [1.29, 1.82) is 0 Å². The summed E-state index contributed by atoms with van der Waals surface area (Å²) in [5.74, 6) is -1.68. The van der Waals surface area contributed by atoms with Gasteiger partial charge in [0, 0.05) is 5.92 Å². The molecule has 1 aliphatic rings. The molecule has 0 spiro atoms. The molecule has 2 aromatic carbocycles. The van der Waals surface area contributed by atoms with Crippen molar-refractivity contribution in [3.05, 3.63) is 77.5 Å². The lowest BCUT2D eigenvalue weighted by Gasteiger charge is -2.21. The van der Waals surface area contributed by atoms with Gasteiger partial charge in [-0.25, -0.2) is 14.6 Å². The molecule has 4 rings (SSSR count). The van der Waals surface area contributed by atoms with E-state index in [1.165, 1.54) is 0 Å². The molecule has 1 aromatic heterocycles. The fourth-order valence-corrected chi connectivity index (χ4v) is 4.35. The van der Waals surface area contributed by atoms with E-state index < -0.39 is 24.0 Å². The first-order valence-electron chi connectivity index (χ1n) is 11.4. The number of hydrogen-bond donors (Lipinski definition) is 3. The number of carboxylic acid groups (broad SMARTS) is 1. The predicted octanol–water partition coefficient (Wildman–Crippen LogP) is 3.94. The normalized spacial score (nSPS) is 13.1. The van der Waals surface area contributed by atoms with E-state index in [2.05, 4.69) is 27.8 Å². The predicted molar refractivity (Wildman–Crippen MR) is 127 cm³/mol. The summed E-state index contributed by atoms with van der Waals surface area (Å²) in [6.07, 6.45) is 0.683. The van der Waals surface area contributed by atoms with E-state index in [0.29, 0.717) is 6.42 Å². The van der Waals surface area contributed by atoms with E-state index in [4.69, 9.17) is 14.3 Å². The molecule has 0 saturated carbocycles. The molecule has 1 heterocycles. The molecule has 1 atom stereocenters. The molecule has 3 N–H and O–H groups in total. The van der Waals surface area contributed by atoms with Crippen LogP contribution in [0.1, 0.15) is 53.6 Å². The molecule has 0 unspecified atom stereocenters. The summed E-state index contributed by atoms with van der Waals surface area (Å²) in [5.41, 5.74) is 4.18. The van der Waals surface area contributed by atoms with Gasteiger partial charge in [-0.2, -0.15) is 0 Å². The first kappa shape index (κ1) is 24.0. The monoisotopic (exact) mass is 477 g/mol. The Balaban J connectivity index is 1.39. The molecule has 0 radical (unpaired) electrons. The minimum absolute atomic E-state index is 0.0234. The van der Waals surface area contributed by atoms with Crippen molar-refractivity contribution in [2.45, 2.75) is 38.8 Å². The summed E-state index contributed by atoms with van der Waals surface area (Å²) in [6.45, 7) is 3.83. The van der Waals surface area contributed by atoms with E-state index in [9.17, 15) is 14.4 Å². The van der Waals surface area contributed by atoms with Gasteiger partial charge in [-0.15, -0.1) is 0 Å². The summed E-state index contributed by atoms with van der Waals surface area (Å²) in [5, 5.41) is 14.4. The SMILES string of the molecule is CC(C)C[C@@H](NC(=O)OCC1c2ccccc2-c2ccccc21)C(=O)NCc1ocnc1C(=O)O. The van der Waals surface area contributed by atoms with Crippen LogP contribution in [0, 0.1) is 5.92 Å². The first-order chi connectivity index (χ1) is 16.8. The van der Waals surface area contributed by atoms with E-state index >= 15 is 0 Å². The quantitative estimate of drug-likeness (QED) is 0.425. The van der Waals surface area contributed by atoms with Gasteiger partial charge in [-0.3, -0.25) is 4.79 Å². The standard InChI is InChI=1S/C26H27N3O6/c1-15(2)11-21(24(30)27-12-22-23(25(31)32)28-14-35-22)29-26(33)34-13-20-18-9-5-3-7-16(18)17-8-4-6-10-19(17)20/h3-10,14-15,20-21H,11-13H2,1-2H3,(H,27,30)(H,29,33)(H,31,32)/t21-/m1/s1. The topological polar surface area (TPSA) is 131 Å². The lowest BCUT2D eigenvalue weighted by atomic mass is 9.98. The molecular weight excluding hydrogens is 450 g/mol. The summed E-state index contributed by atoms with van der Waals surface area (Å²) >= 11 is 0. The van der Waals surface area contributed by atoms with Crippen LogP contribution in [0.25, 0.3) is 11.1 Å². The number of oxazole rings is 1. The average molecular weight is 478 g/mol. The van der Waals surface area contributed by atoms with Crippen molar-refractivity contribution in [3.8, 4) is 11.1 Å². The Kier molecular flexibility index (Phi) is 7.14. The number of hydrogen-bond acceptors (Lipinski definition) is 6. The summed E-state index contributed by atoms with van der Waals surface area (Å²) in [4.78, 5) is 40.3. The summed E-state index contributed by atoms with van der Waals surface area (Å²) in [7, 11) is 0. The van der Waals surface area contributed by atoms with Gasteiger partial charge in [0.05, 0.1) is 6.54 Å². The van der Waals surface area contributed by atoms with Crippen LogP contribution in [0.15, 0.2) is 59.3 Å². The molecule has 0 fully saturated rings. The highest BCUT2D eigenvalue weighted by atomic mass is 16.5. The molecule has 182 valence electrons. The molecule has 0 bridgehead atoms. The van der Waals surface area contributed by atoms with E-state index in [1.54, 1.807) is 0 Å². The molecule has 1 aliphatic carbocycles. The number of benzene rings is 2. The third kappa shape index (κ3) is 5.34. The smallest absolute Gasteiger partial charge is 0.407 e. The maximum absolute atomic E-state index is 12.8. The Morgan fingerprint density at radius 2 is 1.69 bits per heavy atom. The summed E-state index contributed by atoms with van der Waals surface area (Å²) < 4.78 is 10.6. The second-order valence-corrected chi connectivity index (χ2v) is 8.80. The van der Waals surface area contributed by atoms with Gasteiger partial charge in [-0.05, 0) is 34.6 Å². The zero-order chi connectivity index (χ0) is 24.9. The van der Waals surface area contributed by atoms with Crippen molar-refractivity contribution < 1.29 is 28.6 Å². The molecule has 9 heteroatoms. The van der Waals surface area contributed by atoms with Gasteiger partial charge in [-0.1, -0.05) is 62.4 Å². The maximum Gasteiger partial charge on any atom is 0.407 e. The highest BCUT2D eigenvalue weighted by molar-refractivity contribution is 5.87. The Hall–Kier alpha value is -4.14. The summed E-state index contributed by atoms with van der Waals surface area (Å²) in [6, 6.07) is 15.2. The van der Waals surface area contributed by atoms with Crippen molar-refractivity contribution in [2.24, 2.45) is 5.92 Å². The lowest BCUT2D eigenvalue weighted by Crippen LogP contribution is -2.47. The second kappa shape index (κ2) is 10.4. The van der Waals surface area contributed by atoms with Gasteiger partial charge in [0.1, 0.15) is 12.6 Å². The Morgan fingerprint density at radius 3 is 2.29 bits per heavy atom. The van der Waals surface area contributed by atoms with Crippen LogP contribution in [-0.2, 0) is 16.1 Å². The molecule has 2 amide bonds.